The zero-order valence-corrected chi connectivity index (χ0v) is 19.4. The number of carbonyl (C=O) groups is 5. The van der Waals surface area contributed by atoms with Gasteiger partial charge in [0.05, 0.1) is 18.8 Å². The molecule has 2 rings (SSSR count). The van der Waals surface area contributed by atoms with Gasteiger partial charge in [-0.3, -0.25) is 9.59 Å². The van der Waals surface area contributed by atoms with Crippen LogP contribution in [0.25, 0.3) is 0 Å². The van der Waals surface area contributed by atoms with Crippen molar-refractivity contribution in [2.75, 3.05) is 30.5 Å². The number of thiophene rings is 1. The van der Waals surface area contributed by atoms with Crippen LogP contribution in [-0.2, 0) is 23.8 Å². The number of thiazole rings is 1. The molecule has 0 aromatic carbocycles. The fourth-order valence-corrected chi connectivity index (χ4v) is 4.22. The zero-order chi connectivity index (χ0) is 23.8. The summed E-state index contributed by atoms with van der Waals surface area (Å²) in [5.41, 5.74) is 0.265. The van der Waals surface area contributed by atoms with Crippen molar-refractivity contribution in [2.24, 2.45) is 0 Å². The maximum Gasteiger partial charge on any atom is 0.358 e. The van der Waals surface area contributed by atoms with Gasteiger partial charge in [-0.2, -0.15) is 0 Å². The third kappa shape index (κ3) is 6.34. The van der Waals surface area contributed by atoms with E-state index in [1.165, 1.54) is 12.3 Å². The number of rotatable bonds is 9. The van der Waals surface area contributed by atoms with Crippen molar-refractivity contribution >= 4 is 62.5 Å². The number of hydrogen-bond donors (Lipinski definition) is 2. The van der Waals surface area contributed by atoms with Crippen LogP contribution < -0.4 is 10.6 Å². The molecule has 2 N–H and O–H groups in total. The van der Waals surface area contributed by atoms with E-state index >= 15 is 0 Å². The van der Waals surface area contributed by atoms with Crippen molar-refractivity contribution in [2.45, 2.75) is 27.7 Å². The number of amides is 2. The van der Waals surface area contributed by atoms with Crippen LogP contribution in [0.15, 0.2) is 5.38 Å². The van der Waals surface area contributed by atoms with Crippen molar-refractivity contribution in [1.82, 2.24) is 4.98 Å². The first kappa shape index (κ1) is 24.9. The molecule has 2 amide bonds. The molecule has 0 fully saturated rings. The third-order valence-electron chi connectivity index (χ3n) is 3.67. The normalized spacial score (nSPS) is 10.2. The van der Waals surface area contributed by atoms with Gasteiger partial charge in [-0.1, -0.05) is 0 Å². The van der Waals surface area contributed by atoms with Gasteiger partial charge in [-0.05, 0) is 26.3 Å². The molecule has 0 bridgehead atoms. The van der Waals surface area contributed by atoms with Gasteiger partial charge < -0.3 is 24.8 Å². The van der Waals surface area contributed by atoms with Gasteiger partial charge in [0.25, 0.3) is 5.91 Å². The average molecular weight is 484 g/mol. The highest BCUT2D eigenvalue weighted by Crippen LogP contribution is 2.34. The largest absolute Gasteiger partial charge is 0.462 e. The molecule has 32 heavy (non-hydrogen) atoms. The van der Waals surface area contributed by atoms with Crippen molar-refractivity contribution in [3.05, 3.63) is 27.1 Å². The molecule has 0 unspecified atom stereocenters. The van der Waals surface area contributed by atoms with Gasteiger partial charge in [-0.15, -0.1) is 22.7 Å². The first-order chi connectivity index (χ1) is 15.2. The van der Waals surface area contributed by atoms with Crippen LogP contribution in [0, 0.1) is 6.92 Å². The Bertz CT molecular complexity index is 1040. The van der Waals surface area contributed by atoms with Crippen LogP contribution in [0.4, 0.5) is 10.1 Å². The van der Waals surface area contributed by atoms with E-state index in [1.807, 2.05) is 0 Å². The molecule has 2 aromatic heterocycles. The molecular weight excluding hydrogens is 462 g/mol. The standard InChI is InChI=1S/C19H21N3O8S2/c1-5-28-17(26)13-9(3)14(18(27)29-6-2)32-15(13)22-12(24)7-30-16(25)11-8-31-19(21-11)20-10(4)23/h8H,5-7H2,1-4H3,(H,22,24)(H,20,21,23). The topological polar surface area (TPSA) is 150 Å². The Morgan fingerprint density at radius 2 is 1.62 bits per heavy atom. The Morgan fingerprint density at radius 1 is 0.969 bits per heavy atom. The van der Waals surface area contributed by atoms with Gasteiger partial charge in [0, 0.05) is 12.3 Å². The minimum atomic E-state index is -0.867. The molecule has 11 nitrogen and oxygen atoms in total. The number of aromatic nitrogens is 1. The van der Waals surface area contributed by atoms with E-state index in [0.717, 1.165) is 22.7 Å². The summed E-state index contributed by atoms with van der Waals surface area (Å²) in [4.78, 5) is 64.0. The lowest BCUT2D eigenvalue weighted by Gasteiger charge is -2.07. The van der Waals surface area contributed by atoms with Crippen LogP contribution >= 0.6 is 22.7 Å². The summed E-state index contributed by atoms with van der Waals surface area (Å²) in [6.07, 6.45) is 0. The molecule has 0 atom stereocenters. The van der Waals surface area contributed by atoms with Crippen molar-refractivity contribution in [3.63, 3.8) is 0 Å². The summed E-state index contributed by atoms with van der Waals surface area (Å²) in [6.45, 7) is 5.68. The molecule has 172 valence electrons. The summed E-state index contributed by atoms with van der Waals surface area (Å²) >= 11 is 1.88. The summed E-state index contributed by atoms with van der Waals surface area (Å²) in [6, 6.07) is 0. The molecule has 13 heteroatoms. The third-order valence-corrected chi connectivity index (χ3v) is 5.62. The fourth-order valence-electron chi connectivity index (χ4n) is 2.39. The lowest BCUT2D eigenvalue weighted by molar-refractivity contribution is -0.119. The average Bonchev–Trinajstić information content (AvgIpc) is 3.30. The van der Waals surface area contributed by atoms with E-state index in [9.17, 15) is 24.0 Å². The Labute approximate surface area is 191 Å². The van der Waals surface area contributed by atoms with E-state index in [4.69, 9.17) is 14.2 Å². The van der Waals surface area contributed by atoms with Gasteiger partial charge in [-0.25, -0.2) is 19.4 Å². The predicted molar refractivity (Wildman–Crippen MR) is 116 cm³/mol. The molecule has 0 aliphatic heterocycles. The molecular formula is C19H21N3O8S2. The number of anilines is 2. The molecule has 0 saturated carbocycles. The summed E-state index contributed by atoms with van der Waals surface area (Å²) in [7, 11) is 0. The SMILES string of the molecule is CCOC(=O)c1sc(NC(=O)COC(=O)c2csc(NC(C)=O)n2)c(C(=O)OCC)c1C. The molecule has 2 heterocycles. The van der Waals surface area contributed by atoms with Gasteiger partial charge >= 0.3 is 17.9 Å². The van der Waals surface area contributed by atoms with Crippen molar-refractivity contribution < 1.29 is 38.2 Å². The molecule has 0 spiro atoms. The first-order valence-electron chi connectivity index (χ1n) is 9.35. The fraction of sp³-hybridized carbons (Fsp3) is 0.368. The molecule has 0 aliphatic rings. The second kappa shape index (κ2) is 11.3. The van der Waals surface area contributed by atoms with Crippen LogP contribution in [-0.4, -0.2) is 54.5 Å². The molecule has 0 aliphatic carbocycles. The van der Waals surface area contributed by atoms with Crippen LogP contribution in [0.2, 0.25) is 0 Å². The van der Waals surface area contributed by atoms with Crippen LogP contribution in [0.3, 0.4) is 0 Å². The van der Waals surface area contributed by atoms with Gasteiger partial charge in [0.1, 0.15) is 9.88 Å². The minimum absolute atomic E-state index is 0.0269. The van der Waals surface area contributed by atoms with E-state index in [-0.39, 0.29) is 45.4 Å². The zero-order valence-electron chi connectivity index (χ0n) is 17.7. The smallest absolute Gasteiger partial charge is 0.358 e. The second-order valence-electron chi connectivity index (χ2n) is 6.04. The van der Waals surface area contributed by atoms with E-state index in [0.29, 0.717) is 5.56 Å². The molecule has 0 saturated heterocycles. The van der Waals surface area contributed by atoms with Crippen LogP contribution in [0.5, 0.6) is 0 Å². The van der Waals surface area contributed by atoms with E-state index < -0.39 is 30.4 Å². The Hall–Kier alpha value is -3.32. The monoisotopic (exact) mass is 483 g/mol. The van der Waals surface area contributed by atoms with E-state index in [2.05, 4.69) is 15.6 Å². The van der Waals surface area contributed by atoms with Crippen LogP contribution in [0.1, 0.15) is 56.9 Å². The van der Waals surface area contributed by atoms with Gasteiger partial charge in [0.2, 0.25) is 5.91 Å². The minimum Gasteiger partial charge on any atom is -0.462 e. The summed E-state index contributed by atoms with van der Waals surface area (Å²) < 4.78 is 14.9. The maximum absolute atomic E-state index is 12.4. The number of nitrogens with zero attached hydrogens (tertiary/aromatic N) is 1. The second-order valence-corrected chi connectivity index (χ2v) is 7.92. The number of nitrogens with one attached hydrogen (secondary N) is 2. The van der Waals surface area contributed by atoms with Crippen molar-refractivity contribution in [3.8, 4) is 0 Å². The predicted octanol–water partition coefficient (Wildman–Crippen LogP) is 2.62. The number of ether oxygens (including phenoxy) is 3. The summed E-state index contributed by atoms with van der Waals surface area (Å²) in [5, 5.41) is 6.56. The molecule has 0 radical (unpaired) electrons. The van der Waals surface area contributed by atoms with Crippen molar-refractivity contribution in [1.29, 1.82) is 0 Å². The highest BCUT2D eigenvalue weighted by atomic mass is 32.1. The maximum atomic E-state index is 12.4. The Kier molecular flexibility index (Phi) is 8.84. The van der Waals surface area contributed by atoms with E-state index in [1.54, 1.807) is 20.8 Å². The quantitative estimate of drug-likeness (QED) is 0.405. The number of esters is 3. The number of hydrogen-bond acceptors (Lipinski definition) is 11. The van der Waals surface area contributed by atoms with Gasteiger partial charge in [0.15, 0.2) is 17.4 Å². The summed E-state index contributed by atoms with van der Waals surface area (Å²) in [5.74, 6) is -3.29. The lowest BCUT2D eigenvalue weighted by atomic mass is 10.1. The molecule has 2 aromatic rings. The highest BCUT2D eigenvalue weighted by Gasteiger charge is 2.27. The lowest BCUT2D eigenvalue weighted by Crippen LogP contribution is -2.22. The highest BCUT2D eigenvalue weighted by molar-refractivity contribution is 7.18. The number of carbonyl (C=O) groups excluding carboxylic acids is 5. The Morgan fingerprint density at radius 3 is 2.25 bits per heavy atom. The first-order valence-corrected chi connectivity index (χ1v) is 11.0. The Balaban J connectivity index is 2.10.